The minimum absolute atomic E-state index is 0.283. The smallest absolute Gasteiger partial charge is 0.129 e. The third kappa shape index (κ3) is 2.44. The van der Waals surface area contributed by atoms with Crippen molar-refractivity contribution >= 4 is 38.6 Å². The third-order valence-electron chi connectivity index (χ3n) is 3.32. The Morgan fingerprint density at radius 3 is 2.81 bits per heavy atom. The van der Waals surface area contributed by atoms with Gasteiger partial charge >= 0.3 is 0 Å². The van der Waals surface area contributed by atoms with E-state index in [0.29, 0.717) is 5.56 Å². The van der Waals surface area contributed by atoms with Crippen LogP contribution < -0.4 is 0 Å². The predicted octanol–water partition coefficient (Wildman–Crippen LogP) is 4.71. The number of hydrogen-bond donors (Lipinski definition) is 0. The SMILES string of the molecule is Cc1ccc2nc(CCl)n(-c3cc(Br)ccc3C#N)c2c1. The van der Waals surface area contributed by atoms with Gasteiger partial charge in [-0.3, -0.25) is 4.57 Å². The molecule has 0 aliphatic heterocycles. The van der Waals surface area contributed by atoms with Crippen molar-refractivity contribution in [3.8, 4) is 11.8 Å². The first-order chi connectivity index (χ1) is 10.1. The van der Waals surface area contributed by atoms with Gasteiger partial charge in [0.05, 0.1) is 28.2 Å². The maximum atomic E-state index is 9.37. The van der Waals surface area contributed by atoms with Crippen LogP contribution in [0.5, 0.6) is 0 Å². The molecule has 0 atom stereocenters. The molecule has 0 radical (unpaired) electrons. The molecule has 104 valence electrons. The maximum absolute atomic E-state index is 9.37. The molecule has 1 heterocycles. The molecule has 0 N–H and O–H groups in total. The molecule has 5 heteroatoms. The van der Waals surface area contributed by atoms with E-state index in [1.54, 1.807) is 6.07 Å². The highest BCUT2D eigenvalue weighted by atomic mass is 79.9. The lowest BCUT2D eigenvalue weighted by Gasteiger charge is -2.10. The standard InChI is InChI=1S/C16H11BrClN3/c1-10-2-5-13-15(6-10)21(16(8-18)20-13)14-7-12(17)4-3-11(14)9-19/h2-7H,8H2,1H3. The molecular weight excluding hydrogens is 350 g/mol. The molecule has 0 saturated carbocycles. The van der Waals surface area contributed by atoms with Crippen LogP contribution in [0.4, 0.5) is 0 Å². The first-order valence-corrected chi connectivity index (χ1v) is 7.71. The first kappa shape index (κ1) is 14.1. The summed E-state index contributed by atoms with van der Waals surface area (Å²) in [5.41, 5.74) is 4.35. The van der Waals surface area contributed by atoms with E-state index < -0.39 is 0 Å². The summed E-state index contributed by atoms with van der Waals surface area (Å²) < 4.78 is 2.87. The number of hydrogen-bond acceptors (Lipinski definition) is 2. The van der Waals surface area contributed by atoms with Crippen LogP contribution in [0.25, 0.3) is 16.7 Å². The number of nitriles is 1. The summed E-state index contributed by atoms with van der Waals surface area (Å²) in [4.78, 5) is 4.56. The van der Waals surface area contributed by atoms with Crippen molar-refractivity contribution in [2.45, 2.75) is 12.8 Å². The molecule has 3 aromatic rings. The number of aromatic nitrogens is 2. The lowest BCUT2D eigenvalue weighted by Crippen LogP contribution is -2.02. The van der Waals surface area contributed by atoms with Gasteiger partial charge in [-0.15, -0.1) is 11.6 Å². The van der Waals surface area contributed by atoms with Crippen LogP contribution in [0.3, 0.4) is 0 Å². The zero-order chi connectivity index (χ0) is 15.0. The van der Waals surface area contributed by atoms with Crippen molar-refractivity contribution in [1.29, 1.82) is 5.26 Å². The summed E-state index contributed by atoms with van der Waals surface area (Å²) in [7, 11) is 0. The Hall–Kier alpha value is -1.83. The van der Waals surface area contributed by atoms with Crippen LogP contribution in [0.1, 0.15) is 17.0 Å². The van der Waals surface area contributed by atoms with E-state index in [2.05, 4.69) is 33.0 Å². The Balaban J connectivity index is 2.41. The Bertz CT molecular complexity index is 877. The highest BCUT2D eigenvalue weighted by molar-refractivity contribution is 9.10. The van der Waals surface area contributed by atoms with Crippen molar-refractivity contribution in [2.75, 3.05) is 0 Å². The molecular formula is C16H11BrClN3. The van der Waals surface area contributed by atoms with Gasteiger partial charge in [-0.05, 0) is 42.8 Å². The first-order valence-electron chi connectivity index (χ1n) is 6.38. The van der Waals surface area contributed by atoms with E-state index >= 15 is 0 Å². The Morgan fingerprint density at radius 2 is 2.10 bits per heavy atom. The molecule has 0 saturated heterocycles. The van der Waals surface area contributed by atoms with Crippen LogP contribution in [0.15, 0.2) is 40.9 Å². The number of imidazole rings is 1. The van der Waals surface area contributed by atoms with Crippen molar-refractivity contribution < 1.29 is 0 Å². The highest BCUT2D eigenvalue weighted by Gasteiger charge is 2.15. The van der Waals surface area contributed by atoms with Crippen LogP contribution in [-0.2, 0) is 5.88 Å². The average Bonchev–Trinajstić information content (AvgIpc) is 2.84. The minimum Gasteiger partial charge on any atom is -0.294 e. The lowest BCUT2D eigenvalue weighted by atomic mass is 10.1. The molecule has 0 fully saturated rings. The number of fused-ring (bicyclic) bond motifs is 1. The summed E-state index contributed by atoms with van der Waals surface area (Å²) in [5, 5.41) is 9.37. The maximum Gasteiger partial charge on any atom is 0.129 e. The number of aryl methyl sites for hydroxylation is 1. The molecule has 3 nitrogen and oxygen atoms in total. The van der Waals surface area contributed by atoms with Crippen molar-refractivity contribution in [1.82, 2.24) is 9.55 Å². The molecule has 0 amide bonds. The van der Waals surface area contributed by atoms with Gasteiger partial charge in [-0.2, -0.15) is 5.26 Å². The molecule has 0 spiro atoms. The molecule has 3 rings (SSSR count). The summed E-state index contributed by atoms with van der Waals surface area (Å²) in [6.07, 6.45) is 0. The van der Waals surface area contributed by atoms with Gasteiger partial charge in [0.25, 0.3) is 0 Å². The molecule has 0 aliphatic carbocycles. The second kappa shape index (κ2) is 5.51. The third-order valence-corrected chi connectivity index (χ3v) is 4.05. The topological polar surface area (TPSA) is 41.6 Å². The monoisotopic (exact) mass is 359 g/mol. The quantitative estimate of drug-likeness (QED) is 0.621. The fourth-order valence-corrected chi connectivity index (χ4v) is 2.91. The fourth-order valence-electron chi connectivity index (χ4n) is 2.38. The van der Waals surface area contributed by atoms with Crippen molar-refractivity contribution in [3.63, 3.8) is 0 Å². The van der Waals surface area contributed by atoms with E-state index in [1.807, 2.05) is 35.8 Å². The molecule has 0 aliphatic rings. The lowest BCUT2D eigenvalue weighted by molar-refractivity contribution is 0.977. The molecule has 0 bridgehead atoms. The molecule has 1 aromatic heterocycles. The second-order valence-corrected chi connectivity index (χ2v) is 5.95. The summed E-state index contributed by atoms with van der Waals surface area (Å²) >= 11 is 9.51. The van der Waals surface area contributed by atoms with Gasteiger partial charge in [0, 0.05) is 4.47 Å². The zero-order valence-electron chi connectivity index (χ0n) is 11.3. The van der Waals surface area contributed by atoms with Crippen molar-refractivity contribution in [2.24, 2.45) is 0 Å². The van der Waals surface area contributed by atoms with Crippen LogP contribution in [0.2, 0.25) is 0 Å². The Labute approximate surface area is 135 Å². The van der Waals surface area contributed by atoms with Crippen molar-refractivity contribution in [3.05, 3.63) is 57.8 Å². The van der Waals surface area contributed by atoms with Crippen LogP contribution >= 0.6 is 27.5 Å². The van der Waals surface area contributed by atoms with Gasteiger partial charge < -0.3 is 0 Å². The summed E-state index contributed by atoms with van der Waals surface area (Å²) in [5.74, 6) is 1.01. The van der Waals surface area contributed by atoms with Crippen LogP contribution in [0, 0.1) is 18.3 Å². The van der Waals surface area contributed by atoms with E-state index in [0.717, 1.165) is 32.6 Å². The number of alkyl halides is 1. The van der Waals surface area contributed by atoms with Gasteiger partial charge in [0.1, 0.15) is 11.9 Å². The highest BCUT2D eigenvalue weighted by Crippen LogP contribution is 2.27. The van der Waals surface area contributed by atoms with E-state index in [4.69, 9.17) is 11.6 Å². The predicted molar refractivity (Wildman–Crippen MR) is 87.8 cm³/mol. The number of rotatable bonds is 2. The van der Waals surface area contributed by atoms with E-state index in [-0.39, 0.29) is 5.88 Å². The second-order valence-electron chi connectivity index (χ2n) is 4.76. The average molecular weight is 361 g/mol. The summed E-state index contributed by atoms with van der Waals surface area (Å²) in [6.45, 7) is 2.03. The normalized spacial score (nSPS) is 10.8. The Kier molecular flexibility index (Phi) is 3.71. The fraction of sp³-hybridized carbons (Fsp3) is 0.125. The molecule has 2 aromatic carbocycles. The van der Waals surface area contributed by atoms with E-state index in [9.17, 15) is 5.26 Å². The van der Waals surface area contributed by atoms with Crippen LogP contribution in [-0.4, -0.2) is 9.55 Å². The van der Waals surface area contributed by atoms with Gasteiger partial charge in [0.2, 0.25) is 0 Å². The Morgan fingerprint density at radius 1 is 1.29 bits per heavy atom. The summed E-state index contributed by atoms with van der Waals surface area (Å²) in [6, 6.07) is 13.8. The molecule has 0 unspecified atom stereocenters. The zero-order valence-corrected chi connectivity index (χ0v) is 13.6. The minimum atomic E-state index is 0.283. The number of halogens is 2. The largest absolute Gasteiger partial charge is 0.294 e. The van der Waals surface area contributed by atoms with Gasteiger partial charge in [0.15, 0.2) is 0 Å². The van der Waals surface area contributed by atoms with Gasteiger partial charge in [-0.1, -0.05) is 22.0 Å². The number of benzene rings is 2. The number of nitrogens with zero attached hydrogens (tertiary/aromatic N) is 3. The van der Waals surface area contributed by atoms with E-state index in [1.165, 1.54) is 0 Å². The van der Waals surface area contributed by atoms with Gasteiger partial charge in [-0.25, -0.2) is 4.98 Å². The molecule has 21 heavy (non-hydrogen) atoms.